The second kappa shape index (κ2) is 9.87. The molecule has 0 aliphatic heterocycles. The molecule has 2 N–H and O–H groups in total. The van der Waals surface area contributed by atoms with Crippen molar-refractivity contribution in [3.05, 3.63) is 59.9 Å². The standard InChI is InChI=1S/C23H28N4O2/c1-3-17-11-13-18(14-12-17)25-23(29)16-27-20-9-6-5-8-19(20)26-21(27)10-7-15-24-22(28)4-2/h5-6,8-9,11-14H,3-4,7,10,15-16H2,1-2H3,(H,24,28)(H,25,29). The van der Waals surface area contributed by atoms with Gasteiger partial charge in [-0.1, -0.05) is 38.1 Å². The molecule has 0 bridgehead atoms. The Labute approximate surface area is 171 Å². The highest BCUT2D eigenvalue weighted by molar-refractivity contribution is 5.91. The smallest absolute Gasteiger partial charge is 0.244 e. The van der Waals surface area contributed by atoms with Crippen LogP contribution >= 0.6 is 0 Å². The Kier molecular flexibility index (Phi) is 7.00. The molecule has 0 aliphatic rings. The van der Waals surface area contributed by atoms with Crippen LogP contribution in [0.15, 0.2) is 48.5 Å². The summed E-state index contributed by atoms with van der Waals surface area (Å²) in [4.78, 5) is 28.8. The second-order valence-corrected chi connectivity index (χ2v) is 7.01. The molecule has 0 saturated heterocycles. The zero-order valence-corrected chi connectivity index (χ0v) is 17.1. The van der Waals surface area contributed by atoms with Gasteiger partial charge in [0.2, 0.25) is 11.8 Å². The number of amides is 2. The first-order valence-corrected chi connectivity index (χ1v) is 10.2. The lowest BCUT2D eigenvalue weighted by Gasteiger charge is -2.11. The van der Waals surface area contributed by atoms with Crippen molar-refractivity contribution in [3.8, 4) is 0 Å². The summed E-state index contributed by atoms with van der Waals surface area (Å²) in [6.07, 6.45) is 2.92. The topological polar surface area (TPSA) is 76.0 Å². The van der Waals surface area contributed by atoms with E-state index in [1.165, 1.54) is 5.56 Å². The summed E-state index contributed by atoms with van der Waals surface area (Å²) in [7, 11) is 0. The Morgan fingerprint density at radius 2 is 1.76 bits per heavy atom. The van der Waals surface area contributed by atoms with Crippen LogP contribution in [-0.4, -0.2) is 27.9 Å². The van der Waals surface area contributed by atoms with Crippen molar-refractivity contribution in [2.24, 2.45) is 0 Å². The molecule has 2 amide bonds. The largest absolute Gasteiger partial charge is 0.356 e. The van der Waals surface area contributed by atoms with Crippen molar-refractivity contribution in [2.45, 2.75) is 46.1 Å². The quantitative estimate of drug-likeness (QED) is 0.545. The number of hydrogen-bond acceptors (Lipinski definition) is 3. The molecule has 0 atom stereocenters. The molecule has 1 aromatic heterocycles. The number of carbonyl (C=O) groups excluding carboxylic acids is 2. The number of anilines is 1. The average Bonchev–Trinajstić information content (AvgIpc) is 3.08. The summed E-state index contributed by atoms with van der Waals surface area (Å²) in [5, 5.41) is 5.85. The zero-order valence-electron chi connectivity index (χ0n) is 17.1. The fourth-order valence-corrected chi connectivity index (χ4v) is 3.26. The van der Waals surface area contributed by atoms with Crippen LogP contribution in [0.3, 0.4) is 0 Å². The molecule has 0 fully saturated rings. The molecule has 0 aliphatic carbocycles. The lowest BCUT2D eigenvalue weighted by atomic mass is 10.1. The van der Waals surface area contributed by atoms with Gasteiger partial charge in [0.05, 0.1) is 11.0 Å². The van der Waals surface area contributed by atoms with Crippen LogP contribution < -0.4 is 10.6 Å². The predicted molar refractivity (Wildman–Crippen MR) is 116 cm³/mol. The maximum atomic E-state index is 12.7. The predicted octanol–water partition coefficient (Wildman–Crippen LogP) is 3.70. The van der Waals surface area contributed by atoms with Crippen LogP contribution in [0, 0.1) is 0 Å². The van der Waals surface area contributed by atoms with E-state index in [1.54, 1.807) is 0 Å². The summed E-state index contributed by atoms with van der Waals surface area (Å²) in [6.45, 7) is 4.74. The first-order valence-electron chi connectivity index (χ1n) is 10.2. The average molecular weight is 393 g/mol. The van der Waals surface area contributed by atoms with Crippen LogP contribution in [0.2, 0.25) is 0 Å². The highest BCUT2D eigenvalue weighted by Crippen LogP contribution is 2.18. The van der Waals surface area contributed by atoms with Gasteiger partial charge in [-0.25, -0.2) is 4.98 Å². The molecular weight excluding hydrogens is 364 g/mol. The van der Waals surface area contributed by atoms with Crippen LogP contribution in [0.25, 0.3) is 11.0 Å². The summed E-state index contributed by atoms with van der Waals surface area (Å²) in [5.74, 6) is 0.818. The minimum atomic E-state index is -0.0852. The molecule has 6 nitrogen and oxygen atoms in total. The third-order valence-corrected chi connectivity index (χ3v) is 4.90. The van der Waals surface area contributed by atoms with Crippen LogP contribution in [0.1, 0.15) is 38.1 Å². The Balaban J connectivity index is 1.70. The number of hydrogen-bond donors (Lipinski definition) is 2. The maximum absolute atomic E-state index is 12.7. The van der Waals surface area contributed by atoms with E-state index in [1.807, 2.05) is 60.0 Å². The summed E-state index contributed by atoms with van der Waals surface area (Å²) in [5.41, 5.74) is 3.85. The Bertz CT molecular complexity index is 976. The molecule has 0 radical (unpaired) electrons. The van der Waals surface area contributed by atoms with Crippen molar-refractivity contribution in [1.82, 2.24) is 14.9 Å². The van der Waals surface area contributed by atoms with Crippen LogP contribution in [0.5, 0.6) is 0 Å². The normalized spacial score (nSPS) is 10.8. The van der Waals surface area contributed by atoms with E-state index < -0.39 is 0 Å². The third-order valence-electron chi connectivity index (χ3n) is 4.90. The number of benzene rings is 2. The van der Waals surface area contributed by atoms with Gasteiger partial charge in [0.15, 0.2) is 0 Å². The number of nitrogens with zero attached hydrogens (tertiary/aromatic N) is 2. The number of carbonyl (C=O) groups is 2. The van der Waals surface area contributed by atoms with Gasteiger partial charge >= 0.3 is 0 Å². The van der Waals surface area contributed by atoms with Crippen LogP contribution in [-0.2, 0) is 29.0 Å². The molecule has 2 aromatic carbocycles. The summed E-state index contributed by atoms with van der Waals surface area (Å²) < 4.78 is 1.97. The Morgan fingerprint density at radius 1 is 1.00 bits per heavy atom. The SMILES string of the molecule is CCC(=O)NCCCc1nc2ccccc2n1CC(=O)Nc1ccc(CC)cc1. The van der Waals surface area contributed by atoms with Crippen molar-refractivity contribution < 1.29 is 9.59 Å². The van der Waals surface area contributed by atoms with Crippen molar-refractivity contribution >= 4 is 28.5 Å². The number of rotatable bonds is 9. The molecule has 6 heteroatoms. The lowest BCUT2D eigenvalue weighted by Crippen LogP contribution is -2.24. The van der Waals surface area contributed by atoms with E-state index in [4.69, 9.17) is 4.98 Å². The van der Waals surface area contributed by atoms with E-state index in [0.717, 1.165) is 35.4 Å². The van der Waals surface area contributed by atoms with E-state index in [-0.39, 0.29) is 18.4 Å². The third kappa shape index (κ3) is 5.44. The molecule has 29 heavy (non-hydrogen) atoms. The molecule has 0 spiro atoms. The highest BCUT2D eigenvalue weighted by atomic mass is 16.2. The van der Waals surface area contributed by atoms with Gasteiger partial charge in [-0.15, -0.1) is 0 Å². The zero-order chi connectivity index (χ0) is 20.6. The maximum Gasteiger partial charge on any atom is 0.244 e. The molecule has 0 saturated carbocycles. The molecular formula is C23H28N4O2. The van der Waals surface area contributed by atoms with Crippen LogP contribution in [0.4, 0.5) is 5.69 Å². The molecule has 3 rings (SSSR count). The van der Waals surface area contributed by atoms with Gasteiger partial charge in [0.1, 0.15) is 12.4 Å². The number of imidazole rings is 1. The van der Waals surface area contributed by atoms with Gasteiger partial charge in [0.25, 0.3) is 0 Å². The highest BCUT2D eigenvalue weighted by Gasteiger charge is 2.14. The Morgan fingerprint density at radius 3 is 2.48 bits per heavy atom. The molecule has 152 valence electrons. The molecule has 0 unspecified atom stereocenters. The van der Waals surface area contributed by atoms with Gasteiger partial charge in [-0.2, -0.15) is 0 Å². The molecule has 3 aromatic rings. The number of fused-ring (bicyclic) bond motifs is 1. The fourth-order valence-electron chi connectivity index (χ4n) is 3.26. The van der Waals surface area contributed by atoms with Crippen molar-refractivity contribution in [3.63, 3.8) is 0 Å². The minimum absolute atomic E-state index is 0.0481. The van der Waals surface area contributed by atoms with Gasteiger partial charge in [-0.3, -0.25) is 9.59 Å². The minimum Gasteiger partial charge on any atom is -0.356 e. The van der Waals surface area contributed by atoms with Crippen molar-refractivity contribution in [1.29, 1.82) is 0 Å². The fraction of sp³-hybridized carbons (Fsp3) is 0.348. The first kappa shape index (κ1) is 20.6. The number of nitrogens with one attached hydrogen (secondary N) is 2. The van der Waals surface area contributed by atoms with Crippen molar-refractivity contribution in [2.75, 3.05) is 11.9 Å². The van der Waals surface area contributed by atoms with E-state index in [2.05, 4.69) is 17.6 Å². The summed E-state index contributed by atoms with van der Waals surface area (Å²) >= 11 is 0. The number of aromatic nitrogens is 2. The lowest BCUT2D eigenvalue weighted by molar-refractivity contribution is -0.120. The Hall–Kier alpha value is -3.15. The monoisotopic (exact) mass is 392 g/mol. The van der Waals surface area contributed by atoms with E-state index in [9.17, 15) is 9.59 Å². The van der Waals surface area contributed by atoms with Gasteiger partial charge in [0, 0.05) is 25.1 Å². The second-order valence-electron chi connectivity index (χ2n) is 7.01. The molecule has 1 heterocycles. The number of para-hydroxylation sites is 2. The first-order chi connectivity index (χ1) is 14.1. The van der Waals surface area contributed by atoms with E-state index >= 15 is 0 Å². The van der Waals surface area contributed by atoms with E-state index in [0.29, 0.717) is 19.4 Å². The summed E-state index contributed by atoms with van der Waals surface area (Å²) in [6, 6.07) is 15.7. The number of aryl methyl sites for hydroxylation is 2. The van der Waals surface area contributed by atoms with Gasteiger partial charge in [-0.05, 0) is 42.7 Å². The van der Waals surface area contributed by atoms with Gasteiger partial charge < -0.3 is 15.2 Å².